The van der Waals surface area contributed by atoms with Crippen molar-refractivity contribution in [3.05, 3.63) is 33.4 Å². The maximum Gasteiger partial charge on any atom is 0.409 e. The average Bonchev–Trinajstić information content (AvgIpc) is 2.52. The van der Waals surface area contributed by atoms with Crippen molar-refractivity contribution in [3.63, 3.8) is 0 Å². The molecule has 0 radical (unpaired) electrons. The number of carbonyl (C=O) groups is 2. The van der Waals surface area contributed by atoms with Crippen LogP contribution in [0.25, 0.3) is 0 Å². The zero-order chi connectivity index (χ0) is 16.1. The minimum Gasteiger partial charge on any atom is -0.449 e. The van der Waals surface area contributed by atoms with Gasteiger partial charge in [0.15, 0.2) is 0 Å². The third-order valence-corrected chi connectivity index (χ3v) is 4.41. The van der Waals surface area contributed by atoms with Crippen molar-refractivity contribution < 1.29 is 14.3 Å². The van der Waals surface area contributed by atoms with Gasteiger partial charge in [-0.1, -0.05) is 26.0 Å². The molecule has 0 N–H and O–H groups in total. The second-order valence-corrected chi connectivity index (χ2v) is 6.89. The molecule has 2 amide bonds. The van der Waals surface area contributed by atoms with E-state index in [4.69, 9.17) is 4.74 Å². The molecule has 1 fully saturated rings. The predicted molar refractivity (Wildman–Crippen MR) is 92.8 cm³/mol. The van der Waals surface area contributed by atoms with E-state index in [1.807, 2.05) is 38.1 Å². The Morgan fingerprint density at radius 2 is 1.73 bits per heavy atom. The van der Waals surface area contributed by atoms with Crippen LogP contribution < -0.4 is 0 Å². The van der Waals surface area contributed by atoms with Crippen molar-refractivity contribution in [3.8, 4) is 0 Å². The van der Waals surface area contributed by atoms with Gasteiger partial charge in [-0.2, -0.15) is 0 Å². The third kappa shape index (κ3) is 4.34. The molecule has 22 heavy (non-hydrogen) atoms. The van der Waals surface area contributed by atoms with E-state index in [-0.39, 0.29) is 12.0 Å². The molecule has 2 rings (SSSR count). The molecule has 0 aliphatic carbocycles. The average molecular weight is 416 g/mol. The van der Waals surface area contributed by atoms with E-state index in [0.717, 1.165) is 9.13 Å². The maximum atomic E-state index is 12.5. The van der Waals surface area contributed by atoms with Crippen molar-refractivity contribution >= 4 is 34.6 Å². The molecule has 0 bridgehead atoms. The molecule has 1 saturated heterocycles. The summed E-state index contributed by atoms with van der Waals surface area (Å²) in [5.41, 5.74) is 0.721. The summed E-state index contributed by atoms with van der Waals surface area (Å²) in [5.74, 6) is 0.354. The van der Waals surface area contributed by atoms with Gasteiger partial charge in [0.05, 0.1) is 12.2 Å². The minimum atomic E-state index is -0.282. The first-order chi connectivity index (χ1) is 10.5. The Bertz CT molecular complexity index is 540. The number of benzene rings is 1. The Morgan fingerprint density at radius 3 is 2.32 bits per heavy atom. The van der Waals surface area contributed by atoms with Crippen molar-refractivity contribution in [1.29, 1.82) is 0 Å². The van der Waals surface area contributed by atoms with E-state index >= 15 is 0 Å². The van der Waals surface area contributed by atoms with Gasteiger partial charge in [0, 0.05) is 29.7 Å². The van der Waals surface area contributed by atoms with Crippen molar-refractivity contribution in [2.45, 2.75) is 13.8 Å². The highest BCUT2D eigenvalue weighted by Crippen LogP contribution is 2.15. The normalized spacial score (nSPS) is 15.1. The van der Waals surface area contributed by atoms with E-state index in [1.165, 1.54) is 0 Å². The van der Waals surface area contributed by atoms with Crippen LogP contribution in [0.15, 0.2) is 24.3 Å². The molecule has 6 heteroatoms. The summed E-state index contributed by atoms with van der Waals surface area (Å²) in [6, 6.07) is 7.55. The fourth-order valence-corrected chi connectivity index (χ4v) is 2.84. The number of piperazine rings is 1. The summed E-state index contributed by atoms with van der Waals surface area (Å²) < 4.78 is 6.17. The first-order valence-corrected chi connectivity index (χ1v) is 8.52. The molecular formula is C16H21IN2O3. The van der Waals surface area contributed by atoms with Crippen molar-refractivity contribution in [2.24, 2.45) is 5.92 Å². The molecular weight excluding hydrogens is 395 g/mol. The number of hydrogen-bond acceptors (Lipinski definition) is 3. The summed E-state index contributed by atoms with van der Waals surface area (Å²) in [6.45, 7) is 6.57. The quantitative estimate of drug-likeness (QED) is 0.713. The maximum absolute atomic E-state index is 12.5. The topological polar surface area (TPSA) is 49.9 Å². The van der Waals surface area contributed by atoms with Crippen LogP contribution in [-0.2, 0) is 4.74 Å². The van der Waals surface area contributed by atoms with Gasteiger partial charge in [-0.3, -0.25) is 4.79 Å². The second kappa shape index (κ2) is 7.80. The van der Waals surface area contributed by atoms with Crippen LogP contribution >= 0.6 is 22.6 Å². The number of ether oxygens (including phenoxy) is 1. The lowest BCUT2D eigenvalue weighted by atomic mass is 10.2. The third-order valence-electron chi connectivity index (χ3n) is 3.47. The van der Waals surface area contributed by atoms with Crippen LogP contribution in [0.4, 0.5) is 4.79 Å². The molecule has 0 atom stereocenters. The Hall–Kier alpha value is -1.31. The summed E-state index contributed by atoms with van der Waals surface area (Å²) in [6.07, 6.45) is -0.282. The van der Waals surface area contributed by atoms with Gasteiger partial charge in [0.2, 0.25) is 0 Å². The SMILES string of the molecule is CC(C)COC(=O)N1CCN(C(=O)c2ccccc2I)CC1. The predicted octanol–water partition coefficient (Wildman–Crippen LogP) is 2.84. The molecule has 1 aliphatic heterocycles. The largest absolute Gasteiger partial charge is 0.449 e. The summed E-state index contributed by atoms with van der Waals surface area (Å²) in [7, 11) is 0. The number of nitrogens with zero attached hydrogens (tertiary/aromatic N) is 2. The van der Waals surface area contributed by atoms with Gasteiger partial charge < -0.3 is 14.5 Å². The molecule has 0 unspecified atom stereocenters. The molecule has 5 nitrogen and oxygen atoms in total. The van der Waals surface area contributed by atoms with E-state index in [1.54, 1.807) is 9.80 Å². The van der Waals surface area contributed by atoms with Crippen LogP contribution in [0.3, 0.4) is 0 Å². The number of carbonyl (C=O) groups excluding carboxylic acids is 2. The van der Waals surface area contributed by atoms with Crippen LogP contribution in [-0.4, -0.2) is 54.6 Å². The van der Waals surface area contributed by atoms with Crippen LogP contribution in [0, 0.1) is 9.49 Å². The van der Waals surface area contributed by atoms with Crippen LogP contribution in [0.5, 0.6) is 0 Å². The second-order valence-electron chi connectivity index (χ2n) is 5.73. The smallest absolute Gasteiger partial charge is 0.409 e. The van der Waals surface area contributed by atoms with Gasteiger partial charge in [0.1, 0.15) is 0 Å². The highest BCUT2D eigenvalue weighted by Gasteiger charge is 2.26. The van der Waals surface area contributed by atoms with E-state index in [9.17, 15) is 9.59 Å². The standard InChI is InChI=1S/C16H21IN2O3/c1-12(2)11-22-16(21)19-9-7-18(8-10-19)15(20)13-5-3-4-6-14(13)17/h3-6,12H,7-11H2,1-2H3. The Kier molecular flexibility index (Phi) is 6.05. The van der Waals surface area contributed by atoms with Crippen molar-refractivity contribution in [1.82, 2.24) is 9.80 Å². The number of halogens is 1. The van der Waals surface area contributed by atoms with Gasteiger partial charge in [-0.15, -0.1) is 0 Å². The zero-order valence-corrected chi connectivity index (χ0v) is 15.1. The first kappa shape index (κ1) is 17.1. The Balaban J connectivity index is 1.88. The minimum absolute atomic E-state index is 0.0280. The van der Waals surface area contributed by atoms with Gasteiger partial charge in [0.25, 0.3) is 5.91 Å². The van der Waals surface area contributed by atoms with Gasteiger partial charge in [-0.25, -0.2) is 4.79 Å². The summed E-state index contributed by atoms with van der Waals surface area (Å²) >= 11 is 2.17. The molecule has 1 aromatic carbocycles. The van der Waals surface area contributed by atoms with E-state index in [2.05, 4.69) is 22.6 Å². The highest BCUT2D eigenvalue weighted by molar-refractivity contribution is 14.1. The fourth-order valence-electron chi connectivity index (χ4n) is 2.23. The number of hydrogen-bond donors (Lipinski definition) is 0. The molecule has 1 heterocycles. The van der Waals surface area contributed by atoms with Crippen LogP contribution in [0.2, 0.25) is 0 Å². The van der Waals surface area contributed by atoms with E-state index < -0.39 is 0 Å². The fraction of sp³-hybridized carbons (Fsp3) is 0.500. The monoisotopic (exact) mass is 416 g/mol. The van der Waals surface area contributed by atoms with E-state index in [0.29, 0.717) is 38.7 Å². The van der Waals surface area contributed by atoms with Crippen molar-refractivity contribution in [2.75, 3.05) is 32.8 Å². The Morgan fingerprint density at radius 1 is 1.14 bits per heavy atom. The summed E-state index contributed by atoms with van der Waals surface area (Å²) in [4.78, 5) is 27.9. The highest BCUT2D eigenvalue weighted by atomic mass is 127. The van der Waals surface area contributed by atoms with Gasteiger partial charge in [-0.05, 0) is 40.6 Å². The molecule has 0 aromatic heterocycles. The molecule has 0 spiro atoms. The lowest BCUT2D eigenvalue weighted by Gasteiger charge is -2.34. The zero-order valence-electron chi connectivity index (χ0n) is 12.9. The molecule has 0 saturated carbocycles. The number of amides is 2. The first-order valence-electron chi connectivity index (χ1n) is 7.44. The lowest BCUT2D eigenvalue weighted by Crippen LogP contribution is -2.51. The van der Waals surface area contributed by atoms with Gasteiger partial charge >= 0.3 is 6.09 Å². The molecule has 1 aliphatic rings. The Labute approximate surface area is 144 Å². The lowest BCUT2D eigenvalue weighted by molar-refractivity contribution is 0.0534. The molecule has 1 aromatic rings. The van der Waals surface area contributed by atoms with Crippen LogP contribution in [0.1, 0.15) is 24.2 Å². The number of rotatable bonds is 3. The summed E-state index contributed by atoms with van der Waals surface area (Å²) in [5, 5.41) is 0. The molecule has 120 valence electrons.